The van der Waals surface area contributed by atoms with E-state index in [0.717, 1.165) is 12.8 Å². The number of benzene rings is 1. The van der Waals surface area contributed by atoms with Gasteiger partial charge < -0.3 is 9.73 Å². The Morgan fingerprint density at radius 3 is 2.81 bits per heavy atom. The molecule has 2 aromatic rings. The number of aromatic nitrogens is 1. The quantitative estimate of drug-likeness (QED) is 0.810. The first-order valence-electron chi connectivity index (χ1n) is 6.78. The molecule has 0 radical (unpaired) electrons. The minimum absolute atomic E-state index is 0.267. The lowest BCUT2D eigenvalue weighted by Crippen LogP contribution is -2.42. The highest BCUT2D eigenvalue weighted by Gasteiger charge is 2.13. The maximum atomic E-state index is 11.8. The number of imide groups is 1. The van der Waals surface area contributed by atoms with Gasteiger partial charge in [0.15, 0.2) is 5.58 Å². The number of hydrogen-bond acceptors (Lipinski definition) is 4. The molecule has 0 atom stereocenters. The molecule has 0 aliphatic heterocycles. The first-order chi connectivity index (χ1) is 10.1. The van der Waals surface area contributed by atoms with Crippen LogP contribution in [0.5, 0.6) is 0 Å². The summed E-state index contributed by atoms with van der Waals surface area (Å²) < 4.78 is 6.20. The number of rotatable bonds is 5. The number of nitrogens with zero attached hydrogens (tertiary/aromatic N) is 1. The number of urea groups is 1. The first kappa shape index (κ1) is 14.8. The standard InChI is InChI=1S/C14H17N3O4/c1-2-3-8-15-13(19)16-12(18)9-17-10-6-4-5-7-11(10)21-14(17)20/h4-7H,2-3,8-9H2,1H3,(H2,15,16,18,19). The largest absolute Gasteiger partial charge is 0.420 e. The molecular formula is C14H17N3O4. The minimum atomic E-state index is -0.627. The summed E-state index contributed by atoms with van der Waals surface area (Å²) in [5.41, 5.74) is 0.923. The maximum absolute atomic E-state index is 11.8. The monoisotopic (exact) mass is 291 g/mol. The van der Waals surface area contributed by atoms with Gasteiger partial charge in [-0.15, -0.1) is 0 Å². The molecule has 0 spiro atoms. The highest BCUT2D eigenvalue weighted by molar-refractivity contribution is 5.94. The average molecular weight is 291 g/mol. The number of nitrogens with one attached hydrogen (secondary N) is 2. The van der Waals surface area contributed by atoms with Crippen LogP contribution in [0.3, 0.4) is 0 Å². The smallest absolute Gasteiger partial charge is 0.408 e. The fourth-order valence-electron chi connectivity index (χ4n) is 1.90. The zero-order chi connectivity index (χ0) is 15.2. The van der Waals surface area contributed by atoms with Crippen LogP contribution in [-0.2, 0) is 11.3 Å². The van der Waals surface area contributed by atoms with E-state index in [1.54, 1.807) is 24.3 Å². The van der Waals surface area contributed by atoms with Gasteiger partial charge in [0.25, 0.3) is 0 Å². The van der Waals surface area contributed by atoms with Crippen molar-refractivity contribution in [1.82, 2.24) is 15.2 Å². The summed E-state index contributed by atoms with van der Waals surface area (Å²) in [7, 11) is 0. The van der Waals surface area contributed by atoms with Gasteiger partial charge in [-0.25, -0.2) is 9.59 Å². The molecule has 0 fully saturated rings. The summed E-state index contributed by atoms with van der Waals surface area (Å²) in [5.74, 6) is -1.20. The van der Waals surface area contributed by atoms with E-state index >= 15 is 0 Å². The Morgan fingerprint density at radius 1 is 1.29 bits per heavy atom. The maximum Gasteiger partial charge on any atom is 0.420 e. The Labute approximate surface area is 120 Å². The van der Waals surface area contributed by atoms with Crippen molar-refractivity contribution in [2.45, 2.75) is 26.3 Å². The molecule has 2 N–H and O–H groups in total. The summed E-state index contributed by atoms with van der Waals surface area (Å²) in [6.07, 6.45) is 1.79. The predicted molar refractivity (Wildman–Crippen MR) is 76.9 cm³/mol. The van der Waals surface area contributed by atoms with Gasteiger partial charge in [-0.2, -0.15) is 0 Å². The van der Waals surface area contributed by atoms with E-state index in [1.807, 2.05) is 6.92 Å². The minimum Gasteiger partial charge on any atom is -0.408 e. The van der Waals surface area contributed by atoms with Gasteiger partial charge in [0.2, 0.25) is 5.91 Å². The molecule has 0 aliphatic rings. The van der Waals surface area contributed by atoms with Crippen LogP contribution in [0.15, 0.2) is 33.5 Å². The summed E-state index contributed by atoms with van der Waals surface area (Å²) in [6, 6.07) is 6.23. The highest BCUT2D eigenvalue weighted by Crippen LogP contribution is 2.11. The van der Waals surface area contributed by atoms with E-state index in [2.05, 4.69) is 10.6 Å². The van der Waals surface area contributed by atoms with E-state index in [0.29, 0.717) is 17.6 Å². The summed E-state index contributed by atoms with van der Waals surface area (Å²) >= 11 is 0. The van der Waals surface area contributed by atoms with Crippen molar-refractivity contribution in [3.63, 3.8) is 0 Å². The third-order valence-electron chi connectivity index (χ3n) is 2.94. The molecule has 7 heteroatoms. The van der Waals surface area contributed by atoms with Crippen LogP contribution < -0.4 is 16.4 Å². The molecular weight excluding hydrogens is 274 g/mol. The topological polar surface area (TPSA) is 93.3 Å². The van der Waals surface area contributed by atoms with E-state index in [-0.39, 0.29) is 6.54 Å². The van der Waals surface area contributed by atoms with Gasteiger partial charge in [-0.3, -0.25) is 14.7 Å². The molecule has 0 saturated carbocycles. The third kappa shape index (κ3) is 3.71. The Kier molecular flexibility index (Phi) is 4.76. The molecule has 1 aromatic heterocycles. The van der Waals surface area contributed by atoms with Gasteiger partial charge in [0.1, 0.15) is 6.54 Å². The number of para-hydroxylation sites is 2. The Hall–Kier alpha value is -2.57. The van der Waals surface area contributed by atoms with E-state index < -0.39 is 17.7 Å². The van der Waals surface area contributed by atoms with Crippen LogP contribution in [0.2, 0.25) is 0 Å². The fourth-order valence-corrected chi connectivity index (χ4v) is 1.90. The van der Waals surface area contributed by atoms with Crippen LogP contribution in [0.1, 0.15) is 19.8 Å². The molecule has 1 heterocycles. The van der Waals surface area contributed by atoms with Crippen LogP contribution in [0.4, 0.5) is 4.79 Å². The fraction of sp³-hybridized carbons (Fsp3) is 0.357. The van der Waals surface area contributed by atoms with Crippen LogP contribution in [0.25, 0.3) is 11.1 Å². The van der Waals surface area contributed by atoms with Gasteiger partial charge in [0.05, 0.1) is 5.52 Å². The van der Waals surface area contributed by atoms with Crippen molar-refractivity contribution < 1.29 is 14.0 Å². The summed E-state index contributed by atoms with van der Waals surface area (Å²) in [6.45, 7) is 2.24. The third-order valence-corrected chi connectivity index (χ3v) is 2.94. The lowest BCUT2D eigenvalue weighted by molar-refractivity contribution is -0.120. The van der Waals surface area contributed by atoms with Crippen LogP contribution >= 0.6 is 0 Å². The molecule has 0 aliphatic carbocycles. The molecule has 0 saturated heterocycles. The number of oxazole rings is 1. The van der Waals surface area contributed by atoms with E-state index in [4.69, 9.17) is 4.42 Å². The van der Waals surface area contributed by atoms with Crippen LogP contribution in [0, 0.1) is 0 Å². The van der Waals surface area contributed by atoms with Crippen molar-refractivity contribution in [2.24, 2.45) is 0 Å². The van der Waals surface area contributed by atoms with Crippen molar-refractivity contribution in [1.29, 1.82) is 0 Å². The lowest BCUT2D eigenvalue weighted by Gasteiger charge is -2.06. The van der Waals surface area contributed by atoms with Crippen molar-refractivity contribution in [3.05, 3.63) is 34.8 Å². The number of unbranched alkanes of at least 4 members (excludes halogenated alkanes) is 1. The SMILES string of the molecule is CCCCNC(=O)NC(=O)Cn1c(=O)oc2ccccc21. The second kappa shape index (κ2) is 6.74. The predicted octanol–water partition coefficient (Wildman–Crippen LogP) is 1.22. The van der Waals surface area contributed by atoms with Gasteiger partial charge in [-0.05, 0) is 18.6 Å². The number of amides is 3. The van der Waals surface area contributed by atoms with Gasteiger partial charge in [0, 0.05) is 6.54 Å². The van der Waals surface area contributed by atoms with E-state index in [9.17, 15) is 14.4 Å². The molecule has 0 unspecified atom stereocenters. The molecule has 112 valence electrons. The summed E-state index contributed by atoms with van der Waals surface area (Å²) in [5, 5.41) is 4.74. The van der Waals surface area contributed by atoms with Crippen molar-refractivity contribution in [2.75, 3.05) is 6.54 Å². The molecule has 1 aromatic carbocycles. The number of carbonyl (C=O) groups is 2. The number of fused-ring (bicyclic) bond motifs is 1. The Balaban J connectivity index is 2.00. The van der Waals surface area contributed by atoms with Crippen molar-refractivity contribution >= 4 is 23.0 Å². The molecule has 3 amide bonds. The lowest BCUT2D eigenvalue weighted by atomic mass is 10.3. The van der Waals surface area contributed by atoms with Crippen LogP contribution in [-0.4, -0.2) is 23.1 Å². The highest BCUT2D eigenvalue weighted by atomic mass is 16.4. The zero-order valence-corrected chi connectivity index (χ0v) is 11.7. The van der Waals surface area contributed by atoms with Gasteiger partial charge >= 0.3 is 11.8 Å². The average Bonchev–Trinajstić information content (AvgIpc) is 2.75. The Morgan fingerprint density at radius 2 is 2.05 bits per heavy atom. The molecule has 7 nitrogen and oxygen atoms in total. The molecule has 21 heavy (non-hydrogen) atoms. The second-order valence-corrected chi connectivity index (χ2v) is 4.58. The van der Waals surface area contributed by atoms with Gasteiger partial charge in [-0.1, -0.05) is 25.5 Å². The Bertz CT molecular complexity index is 702. The second-order valence-electron chi connectivity index (χ2n) is 4.58. The normalized spacial score (nSPS) is 10.5. The molecule has 2 rings (SSSR count). The number of hydrogen-bond donors (Lipinski definition) is 2. The zero-order valence-electron chi connectivity index (χ0n) is 11.7. The van der Waals surface area contributed by atoms with Crippen molar-refractivity contribution in [3.8, 4) is 0 Å². The number of carbonyl (C=O) groups excluding carboxylic acids is 2. The first-order valence-corrected chi connectivity index (χ1v) is 6.78. The molecule has 0 bridgehead atoms. The van der Waals surface area contributed by atoms with E-state index in [1.165, 1.54) is 4.57 Å². The summed E-state index contributed by atoms with van der Waals surface area (Å²) in [4.78, 5) is 34.9.